The number of hydrogen-bond acceptors (Lipinski definition) is 4. The van der Waals surface area contributed by atoms with Crippen LogP contribution in [0.15, 0.2) is 18.2 Å². The van der Waals surface area contributed by atoms with Crippen molar-refractivity contribution in [2.24, 2.45) is 0 Å². The van der Waals surface area contributed by atoms with Gasteiger partial charge in [0.05, 0.1) is 17.2 Å². The second-order valence-corrected chi connectivity index (χ2v) is 8.37. The number of fused-ring (bicyclic) bond motifs is 2. The van der Waals surface area contributed by atoms with Crippen LogP contribution in [0.25, 0.3) is 0 Å². The molecule has 2 saturated heterocycles. The van der Waals surface area contributed by atoms with E-state index in [-0.39, 0.29) is 36.6 Å². The molecule has 1 amide bonds. The molecule has 0 aromatic heterocycles. The van der Waals surface area contributed by atoms with Gasteiger partial charge in [-0.05, 0) is 58.2 Å². The average molecular weight is 360 g/mol. The third-order valence-electron chi connectivity index (χ3n) is 5.22. The number of aliphatic hydroxyl groups is 1. The van der Waals surface area contributed by atoms with E-state index in [1.165, 1.54) is 18.2 Å². The van der Waals surface area contributed by atoms with Gasteiger partial charge in [-0.15, -0.1) is 0 Å². The molecule has 140 valence electrons. The fraction of sp³-hybridized carbons (Fsp3) is 0.600. The summed E-state index contributed by atoms with van der Waals surface area (Å²) < 4.78 is 19.3. The first-order valence-corrected chi connectivity index (χ1v) is 9.07. The Morgan fingerprint density at radius 2 is 1.96 bits per heavy atom. The summed E-state index contributed by atoms with van der Waals surface area (Å²) in [5.74, 6) is -0.479. The molecule has 0 spiro atoms. The van der Waals surface area contributed by atoms with Gasteiger partial charge in [0.25, 0.3) is 0 Å². The molecule has 0 saturated carbocycles. The SMILES string of the molecule is CC(C)(C)OC(=O)N1C2CCCC1CC(O)(c1cc(F)ccc1C#N)C2. The van der Waals surface area contributed by atoms with Gasteiger partial charge in [-0.3, -0.25) is 0 Å². The number of benzene rings is 1. The summed E-state index contributed by atoms with van der Waals surface area (Å²) in [5.41, 5.74) is -1.31. The monoisotopic (exact) mass is 360 g/mol. The van der Waals surface area contributed by atoms with Crippen molar-refractivity contribution >= 4 is 6.09 Å². The highest BCUT2D eigenvalue weighted by atomic mass is 19.1. The second kappa shape index (κ2) is 6.55. The Bertz CT molecular complexity index is 736. The number of carbonyl (C=O) groups is 1. The summed E-state index contributed by atoms with van der Waals surface area (Å²) >= 11 is 0. The van der Waals surface area contributed by atoms with E-state index in [1.807, 2.05) is 26.8 Å². The van der Waals surface area contributed by atoms with Crippen molar-refractivity contribution in [3.63, 3.8) is 0 Å². The number of nitrogens with zero attached hydrogens (tertiary/aromatic N) is 2. The average Bonchev–Trinajstić information content (AvgIpc) is 2.52. The molecule has 2 heterocycles. The van der Waals surface area contributed by atoms with Crippen molar-refractivity contribution in [1.29, 1.82) is 5.26 Å². The fourth-order valence-corrected chi connectivity index (χ4v) is 4.26. The fourth-order valence-electron chi connectivity index (χ4n) is 4.26. The number of carbonyl (C=O) groups excluding carboxylic acids is 1. The zero-order chi connectivity index (χ0) is 19.1. The quantitative estimate of drug-likeness (QED) is 0.826. The van der Waals surface area contributed by atoms with Crippen LogP contribution in [0.1, 0.15) is 64.0 Å². The van der Waals surface area contributed by atoms with Gasteiger partial charge >= 0.3 is 6.09 Å². The molecular weight excluding hydrogens is 335 g/mol. The van der Waals surface area contributed by atoms with Crippen LogP contribution < -0.4 is 0 Å². The van der Waals surface area contributed by atoms with E-state index < -0.39 is 17.0 Å². The molecule has 6 heteroatoms. The Labute approximate surface area is 153 Å². The molecule has 26 heavy (non-hydrogen) atoms. The summed E-state index contributed by atoms with van der Waals surface area (Å²) in [5, 5.41) is 20.7. The summed E-state index contributed by atoms with van der Waals surface area (Å²) in [7, 11) is 0. The van der Waals surface area contributed by atoms with Crippen molar-refractivity contribution in [1.82, 2.24) is 4.90 Å². The Morgan fingerprint density at radius 3 is 2.50 bits per heavy atom. The minimum Gasteiger partial charge on any atom is -0.444 e. The van der Waals surface area contributed by atoms with Gasteiger partial charge in [-0.25, -0.2) is 9.18 Å². The van der Waals surface area contributed by atoms with Crippen LogP contribution in [-0.2, 0) is 10.3 Å². The predicted octanol–water partition coefficient (Wildman–Crippen LogP) is 3.84. The molecule has 0 aliphatic carbocycles. The van der Waals surface area contributed by atoms with Gasteiger partial charge < -0.3 is 14.7 Å². The molecule has 2 fully saturated rings. The number of nitriles is 1. The van der Waals surface area contributed by atoms with E-state index in [4.69, 9.17) is 4.74 Å². The first-order chi connectivity index (χ1) is 12.1. The van der Waals surface area contributed by atoms with Gasteiger partial charge in [0.2, 0.25) is 0 Å². The summed E-state index contributed by atoms with van der Waals surface area (Å²) in [6.45, 7) is 5.48. The number of hydrogen-bond donors (Lipinski definition) is 1. The normalized spacial score (nSPS) is 28.4. The van der Waals surface area contributed by atoms with Crippen LogP contribution in [0.5, 0.6) is 0 Å². The highest BCUT2D eigenvalue weighted by Crippen LogP contribution is 2.45. The van der Waals surface area contributed by atoms with E-state index in [1.54, 1.807) is 4.90 Å². The predicted molar refractivity (Wildman–Crippen MR) is 93.7 cm³/mol. The van der Waals surface area contributed by atoms with Gasteiger partial charge in [0.1, 0.15) is 11.4 Å². The van der Waals surface area contributed by atoms with Crippen molar-refractivity contribution in [2.75, 3.05) is 0 Å². The molecule has 1 N–H and O–H groups in total. The lowest BCUT2D eigenvalue weighted by molar-refractivity contribution is -0.0967. The van der Waals surface area contributed by atoms with Crippen LogP contribution in [-0.4, -0.2) is 33.8 Å². The van der Waals surface area contributed by atoms with Crippen LogP contribution in [0, 0.1) is 17.1 Å². The van der Waals surface area contributed by atoms with Crippen molar-refractivity contribution in [2.45, 2.75) is 76.2 Å². The largest absolute Gasteiger partial charge is 0.444 e. The molecule has 2 bridgehead atoms. The van der Waals surface area contributed by atoms with Crippen molar-refractivity contribution in [3.8, 4) is 6.07 Å². The van der Waals surface area contributed by atoms with E-state index >= 15 is 0 Å². The van der Waals surface area contributed by atoms with Gasteiger partial charge in [0, 0.05) is 30.5 Å². The van der Waals surface area contributed by atoms with Crippen molar-refractivity contribution < 1.29 is 19.0 Å². The van der Waals surface area contributed by atoms with Crippen molar-refractivity contribution in [3.05, 3.63) is 35.1 Å². The standard InChI is InChI=1S/C20H25FN2O3/c1-19(2,3)26-18(24)23-15-5-4-6-16(23)11-20(25,10-15)17-9-14(21)8-7-13(17)12-22/h7-9,15-16,25H,4-6,10-11H2,1-3H3. The lowest BCUT2D eigenvalue weighted by atomic mass is 9.71. The Hall–Kier alpha value is -2.13. The van der Waals surface area contributed by atoms with E-state index in [9.17, 15) is 19.6 Å². The van der Waals surface area contributed by atoms with E-state index in [0.717, 1.165) is 19.3 Å². The smallest absolute Gasteiger partial charge is 0.410 e. The third-order valence-corrected chi connectivity index (χ3v) is 5.22. The molecule has 1 aromatic rings. The van der Waals surface area contributed by atoms with Gasteiger partial charge in [-0.1, -0.05) is 0 Å². The highest BCUT2D eigenvalue weighted by Gasteiger charge is 2.49. The summed E-state index contributed by atoms with van der Waals surface area (Å²) in [6.07, 6.45) is 2.68. The molecule has 2 atom stereocenters. The minimum absolute atomic E-state index is 0.183. The zero-order valence-corrected chi connectivity index (χ0v) is 15.5. The maximum Gasteiger partial charge on any atom is 0.410 e. The molecule has 3 rings (SSSR count). The minimum atomic E-state index is -1.32. The van der Waals surface area contributed by atoms with E-state index in [2.05, 4.69) is 0 Å². The van der Waals surface area contributed by atoms with Gasteiger partial charge in [0.15, 0.2) is 0 Å². The van der Waals surface area contributed by atoms with Crippen LogP contribution in [0.2, 0.25) is 0 Å². The Morgan fingerprint density at radius 1 is 1.35 bits per heavy atom. The molecular formula is C20H25FN2O3. The first-order valence-electron chi connectivity index (χ1n) is 9.07. The van der Waals surface area contributed by atoms with E-state index in [0.29, 0.717) is 5.56 Å². The maximum atomic E-state index is 13.8. The first kappa shape index (κ1) is 18.7. The number of piperidine rings is 2. The van der Waals surface area contributed by atoms with Crippen LogP contribution in [0.4, 0.5) is 9.18 Å². The van der Waals surface area contributed by atoms with Crippen LogP contribution in [0.3, 0.4) is 0 Å². The number of rotatable bonds is 1. The summed E-state index contributed by atoms with van der Waals surface area (Å²) in [4.78, 5) is 14.4. The Balaban J connectivity index is 1.91. The molecule has 0 radical (unpaired) electrons. The molecule has 1 aromatic carbocycles. The summed E-state index contributed by atoms with van der Waals surface area (Å²) in [6, 6.07) is 5.55. The number of halogens is 1. The molecule has 5 nitrogen and oxygen atoms in total. The lowest BCUT2D eigenvalue weighted by Gasteiger charge is -2.52. The zero-order valence-electron chi connectivity index (χ0n) is 15.5. The molecule has 2 aliphatic rings. The highest BCUT2D eigenvalue weighted by molar-refractivity contribution is 5.69. The number of amides is 1. The lowest BCUT2D eigenvalue weighted by Crippen LogP contribution is -2.59. The maximum absolute atomic E-state index is 13.8. The molecule has 2 aliphatic heterocycles. The molecule has 2 unspecified atom stereocenters. The third kappa shape index (κ3) is 3.54. The van der Waals surface area contributed by atoms with Crippen LogP contribution >= 0.6 is 0 Å². The Kier molecular flexibility index (Phi) is 4.70. The number of ether oxygens (including phenoxy) is 1. The van der Waals surface area contributed by atoms with Gasteiger partial charge in [-0.2, -0.15) is 5.26 Å². The second-order valence-electron chi connectivity index (χ2n) is 8.37. The topological polar surface area (TPSA) is 73.6 Å².